The normalized spacial score (nSPS) is 10.7. The van der Waals surface area contributed by atoms with E-state index in [4.69, 9.17) is 4.74 Å². The van der Waals surface area contributed by atoms with Crippen molar-refractivity contribution in [2.75, 3.05) is 0 Å². The van der Waals surface area contributed by atoms with Gasteiger partial charge < -0.3 is 4.74 Å². The highest BCUT2D eigenvalue weighted by molar-refractivity contribution is 9.11. The van der Waals surface area contributed by atoms with Gasteiger partial charge in [0, 0.05) is 23.6 Å². The first kappa shape index (κ1) is 15.1. The van der Waals surface area contributed by atoms with E-state index in [1.807, 2.05) is 29.2 Å². The summed E-state index contributed by atoms with van der Waals surface area (Å²) in [5.74, 6) is 0.814. The van der Waals surface area contributed by atoms with Crippen LogP contribution in [0.25, 0.3) is 0 Å². The molecule has 3 nitrogen and oxygen atoms in total. The van der Waals surface area contributed by atoms with Crippen LogP contribution in [0.4, 0.5) is 0 Å². The van der Waals surface area contributed by atoms with Crippen LogP contribution in [-0.4, -0.2) is 9.78 Å². The fourth-order valence-corrected chi connectivity index (χ4v) is 3.47. The minimum atomic E-state index is 0.505. The zero-order chi connectivity index (χ0) is 13.8. The van der Waals surface area contributed by atoms with Crippen molar-refractivity contribution in [1.82, 2.24) is 9.78 Å². The molecule has 0 saturated carbocycles. The van der Waals surface area contributed by atoms with Gasteiger partial charge in [-0.2, -0.15) is 5.10 Å². The van der Waals surface area contributed by atoms with Crippen molar-refractivity contribution in [3.05, 3.63) is 44.6 Å². The standard InChI is InChI=1S/C13H13Br3N2O/c1-2-18-7-10(6-17-18)8-19-13-11(15)3-9(5-14)4-12(13)16/h3-4,6-7H,2,5,8H2,1H3. The summed E-state index contributed by atoms with van der Waals surface area (Å²) in [6, 6.07) is 4.09. The molecule has 2 aromatic rings. The molecule has 0 unspecified atom stereocenters. The van der Waals surface area contributed by atoms with Crippen molar-refractivity contribution >= 4 is 47.8 Å². The lowest BCUT2D eigenvalue weighted by atomic mass is 10.2. The number of halogens is 3. The Balaban J connectivity index is 2.11. The molecule has 0 spiro atoms. The Kier molecular flexibility index (Phi) is 5.47. The van der Waals surface area contributed by atoms with Gasteiger partial charge in [-0.15, -0.1) is 0 Å². The quantitative estimate of drug-likeness (QED) is 0.603. The summed E-state index contributed by atoms with van der Waals surface area (Å²) >= 11 is 10.5. The van der Waals surface area contributed by atoms with Crippen molar-refractivity contribution in [1.29, 1.82) is 0 Å². The Hall–Kier alpha value is -0.330. The fourth-order valence-electron chi connectivity index (χ4n) is 1.64. The maximum absolute atomic E-state index is 5.85. The fraction of sp³-hybridized carbons (Fsp3) is 0.308. The third-order valence-electron chi connectivity index (χ3n) is 2.61. The first-order chi connectivity index (χ1) is 9.13. The Morgan fingerprint density at radius 2 is 1.89 bits per heavy atom. The maximum atomic E-state index is 5.85. The summed E-state index contributed by atoms with van der Waals surface area (Å²) in [4.78, 5) is 0. The molecule has 0 atom stereocenters. The van der Waals surface area contributed by atoms with Gasteiger partial charge in [-0.1, -0.05) is 15.9 Å². The third-order valence-corrected chi connectivity index (χ3v) is 4.43. The predicted molar refractivity (Wildman–Crippen MR) is 86.7 cm³/mol. The molecule has 2 rings (SSSR count). The number of benzene rings is 1. The Morgan fingerprint density at radius 3 is 2.42 bits per heavy atom. The van der Waals surface area contributed by atoms with Gasteiger partial charge in [-0.05, 0) is 56.5 Å². The van der Waals surface area contributed by atoms with Gasteiger partial charge in [0.05, 0.1) is 15.1 Å². The van der Waals surface area contributed by atoms with Crippen molar-refractivity contribution < 1.29 is 4.74 Å². The summed E-state index contributed by atoms with van der Waals surface area (Å²) in [5, 5.41) is 5.04. The first-order valence-electron chi connectivity index (χ1n) is 5.82. The zero-order valence-corrected chi connectivity index (χ0v) is 15.1. The summed E-state index contributed by atoms with van der Waals surface area (Å²) in [7, 11) is 0. The number of hydrogen-bond acceptors (Lipinski definition) is 2. The second-order valence-corrected chi connectivity index (χ2v) is 6.28. The van der Waals surface area contributed by atoms with E-state index >= 15 is 0 Å². The van der Waals surface area contributed by atoms with Crippen molar-refractivity contribution in [2.24, 2.45) is 0 Å². The van der Waals surface area contributed by atoms with Crippen LogP contribution >= 0.6 is 47.8 Å². The SMILES string of the molecule is CCn1cc(COc2c(Br)cc(CBr)cc2Br)cn1. The maximum Gasteiger partial charge on any atom is 0.148 e. The van der Waals surface area contributed by atoms with Crippen molar-refractivity contribution in [3.8, 4) is 5.75 Å². The van der Waals surface area contributed by atoms with E-state index in [0.29, 0.717) is 6.61 Å². The van der Waals surface area contributed by atoms with Crippen molar-refractivity contribution in [2.45, 2.75) is 25.4 Å². The predicted octanol–water partition coefficient (Wildman–Crippen LogP) is 4.90. The highest BCUT2D eigenvalue weighted by Crippen LogP contribution is 2.35. The molecular weight excluding hydrogens is 440 g/mol. The van der Waals surface area contributed by atoms with Crippen LogP contribution in [0.3, 0.4) is 0 Å². The molecule has 0 amide bonds. The molecule has 1 aromatic carbocycles. The minimum absolute atomic E-state index is 0.505. The molecule has 19 heavy (non-hydrogen) atoms. The highest BCUT2D eigenvalue weighted by Gasteiger charge is 2.09. The monoisotopic (exact) mass is 450 g/mol. The first-order valence-corrected chi connectivity index (χ1v) is 8.52. The van der Waals surface area contributed by atoms with E-state index in [0.717, 1.165) is 32.1 Å². The summed E-state index contributed by atoms with van der Waals surface area (Å²) < 4.78 is 9.62. The number of ether oxygens (including phenoxy) is 1. The van der Waals surface area contributed by atoms with Gasteiger partial charge in [0.25, 0.3) is 0 Å². The van der Waals surface area contributed by atoms with Gasteiger partial charge >= 0.3 is 0 Å². The Morgan fingerprint density at radius 1 is 1.21 bits per heavy atom. The van der Waals surface area contributed by atoms with Crippen molar-refractivity contribution in [3.63, 3.8) is 0 Å². The molecule has 0 aliphatic rings. The van der Waals surface area contributed by atoms with Crippen LogP contribution in [0.15, 0.2) is 33.5 Å². The van der Waals surface area contributed by atoms with Crippen LogP contribution in [0.1, 0.15) is 18.1 Å². The van der Waals surface area contributed by atoms with E-state index < -0.39 is 0 Å². The van der Waals surface area contributed by atoms with E-state index in [1.54, 1.807) is 0 Å². The molecule has 1 heterocycles. The van der Waals surface area contributed by atoms with Gasteiger partial charge in [0.15, 0.2) is 0 Å². The topological polar surface area (TPSA) is 27.1 Å². The highest BCUT2D eigenvalue weighted by atomic mass is 79.9. The number of aryl methyl sites for hydroxylation is 1. The van der Waals surface area contributed by atoms with Gasteiger partial charge in [0.2, 0.25) is 0 Å². The molecular formula is C13H13Br3N2O. The average Bonchev–Trinajstić information content (AvgIpc) is 2.85. The molecule has 0 aliphatic carbocycles. The number of aromatic nitrogens is 2. The van der Waals surface area contributed by atoms with Gasteiger partial charge in [-0.25, -0.2) is 0 Å². The lowest BCUT2D eigenvalue weighted by Crippen LogP contribution is -1.97. The van der Waals surface area contributed by atoms with Gasteiger partial charge in [0.1, 0.15) is 12.4 Å². The molecule has 0 radical (unpaired) electrons. The third kappa shape index (κ3) is 3.83. The average molecular weight is 453 g/mol. The molecule has 6 heteroatoms. The largest absolute Gasteiger partial charge is 0.486 e. The molecule has 102 valence electrons. The summed E-state index contributed by atoms with van der Waals surface area (Å²) in [6.45, 7) is 3.43. The number of hydrogen-bond donors (Lipinski definition) is 0. The number of nitrogens with zero attached hydrogens (tertiary/aromatic N) is 2. The minimum Gasteiger partial charge on any atom is -0.486 e. The van der Waals surface area contributed by atoms with Crippen LogP contribution < -0.4 is 4.74 Å². The smallest absolute Gasteiger partial charge is 0.148 e. The van der Waals surface area contributed by atoms with E-state index in [1.165, 1.54) is 5.56 Å². The van der Waals surface area contributed by atoms with Crippen LogP contribution in [0, 0.1) is 0 Å². The van der Waals surface area contributed by atoms with Crippen LogP contribution in [0.2, 0.25) is 0 Å². The lowest BCUT2D eigenvalue weighted by Gasteiger charge is -2.10. The summed E-state index contributed by atoms with van der Waals surface area (Å²) in [5.41, 5.74) is 2.25. The van der Waals surface area contributed by atoms with Crippen LogP contribution in [-0.2, 0) is 18.5 Å². The Bertz CT molecular complexity index is 546. The molecule has 0 aliphatic heterocycles. The Labute approximate surface area is 137 Å². The van der Waals surface area contributed by atoms with E-state index in [-0.39, 0.29) is 0 Å². The second-order valence-electron chi connectivity index (χ2n) is 4.02. The van der Waals surface area contributed by atoms with E-state index in [2.05, 4.69) is 59.8 Å². The molecule has 0 bridgehead atoms. The second kappa shape index (κ2) is 6.90. The van der Waals surface area contributed by atoms with Crippen LogP contribution in [0.5, 0.6) is 5.75 Å². The zero-order valence-electron chi connectivity index (χ0n) is 10.4. The summed E-state index contributed by atoms with van der Waals surface area (Å²) in [6.07, 6.45) is 3.83. The molecule has 0 N–H and O–H groups in total. The molecule has 0 fully saturated rings. The molecule has 1 aromatic heterocycles. The van der Waals surface area contributed by atoms with E-state index in [9.17, 15) is 0 Å². The lowest BCUT2D eigenvalue weighted by molar-refractivity contribution is 0.302. The van der Waals surface area contributed by atoms with Gasteiger partial charge in [-0.3, -0.25) is 4.68 Å². The molecule has 0 saturated heterocycles. The number of alkyl halides is 1. The number of rotatable bonds is 5.